The van der Waals surface area contributed by atoms with Crippen LogP contribution in [0.25, 0.3) is 0 Å². The van der Waals surface area contributed by atoms with Crippen molar-refractivity contribution in [1.82, 2.24) is 14.5 Å². The Morgan fingerprint density at radius 2 is 1.58 bits per heavy atom. The third-order valence-electron chi connectivity index (χ3n) is 5.42. The van der Waals surface area contributed by atoms with Crippen LogP contribution in [0.4, 0.5) is 0 Å². The number of hydrogen-bond donors (Lipinski definition) is 1. The lowest BCUT2D eigenvalue weighted by Gasteiger charge is -2.33. The second kappa shape index (κ2) is 11.1. The minimum Gasteiger partial charge on any atom is -0.496 e. The summed E-state index contributed by atoms with van der Waals surface area (Å²) in [6.07, 6.45) is 0. The fraction of sp³-hybridized carbons (Fsp3) is 0.409. The van der Waals surface area contributed by atoms with E-state index in [2.05, 4.69) is 5.32 Å². The van der Waals surface area contributed by atoms with Crippen molar-refractivity contribution in [3.63, 3.8) is 0 Å². The van der Waals surface area contributed by atoms with Crippen LogP contribution in [0.1, 0.15) is 5.56 Å². The van der Waals surface area contributed by atoms with Crippen molar-refractivity contribution in [2.75, 3.05) is 54.1 Å². The number of carbonyl (C=O) groups is 1. The number of ether oxygens (including phenoxy) is 3. The molecule has 1 saturated heterocycles. The molecule has 33 heavy (non-hydrogen) atoms. The summed E-state index contributed by atoms with van der Waals surface area (Å²) in [7, 11) is 0.951. The molecule has 0 spiro atoms. The molecule has 1 amide bonds. The van der Waals surface area contributed by atoms with Gasteiger partial charge in [0.1, 0.15) is 10.6 Å². The predicted molar refractivity (Wildman–Crippen MR) is 125 cm³/mol. The average molecular weight is 498 g/mol. The molecule has 0 radical (unpaired) electrons. The Labute approximate surface area is 199 Å². The summed E-state index contributed by atoms with van der Waals surface area (Å²) in [5.74, 6) is 1.48. The molecule has 9 nitrogen and oxygen atoms in total. The highest BCUT2D eigenvalue weighted by atomic mass is 35.5. The first-order valence-electron chi connectivity index (χ1n) is 10.3. The van der Waals surface area contributed by atoms with E-state index in [1.54, 1.807) is 37.4 Å². The zero-order valence-corrected chi connectivity index (χ0v) is 20.4. The summed E-state index contributed by atoms with van der Waals surface area (Å²) in [6, 6.07) is 9.86. The average Bonchev–Trinajstić information content (AvgIpc) is 2.82. The van der Waals surface area contributed by atoms with Crippen molar-refractivity contribution in [2.24, 2.45) is 0 Å². The molecular formula is C22H28ClN3O6S. The molecule has 0 saturated carbocycles. The van der Waals surface area contributed by atoms with E-state index in [1.165, 1.54) is 24.6 Å². The molecule has 0 atom stereocenters. The van der Waals surface area contributed by atoms with E-state index in [0.29, 0.717) is 30.3 Å². The molecule has 0 bridgehead atoms. The van der Waals surface area contributed by atoms with Crippen molar-refractivity contribution in [2.45, 2.75) is 11.4 Å². The van der Waals surface area contributed by atoms with Gasteiger partial charge in [0.05, 0.1) is 32.9 Å². The van der Waals surface area contributed by atoms with Gasteiger partial charge in [-0.15, -0.1) is 0 Å². The van der Waals surface area contributed by atoms with Crippen LogP contribution in [-0.4, -0.2) is 77.6 Å². The molecule has 3 rings (SSSR count). The summed E-state index contributed by atoms with van der Waals surface area (Å²) in [5, 5.41) is 3.08. The highest BCUT2D eigenvalue weighted by Gasteiger charge is 2.30. The van der Waals surface area contributed by atoms with Gasteiger partial charge in [-0.3, -0.25) is 9.69 Å². The fourth-order valence-electron chi connectivity index (χ4n) is 3.60. The van der Waals surface area contributed by atoms with Gasteiger partial charge in [0.15, 0.2) is 11.5 Å². The third-order valence-corrected chi connectivity index (χ3v) is 7.81. The third kappa shape index (κ3) is 5.89. The minimum atomic E-state index is -3.67. The largest absolute Gasteiger partial charge is 0.496 e. The van der Waals surface area contributed by atoms with Gasteiger partial charge in [-0.2, -0.15) is 4.31 Å². The Kier molecular flexibility index (Phi) is 8.41. The number of hydrogen-bond acceptors (Lipinski definition) is 7. The van der Waals surface area contributed by atoms with Crippen LogP contribution in [0.2, 0.25) is 5.02 Å². The first kappa shape index (κ1) is 25.1. The lowest BCUT2D eigenvalue weighted by atomic mass is 10.1. The van der Waals surface area contributed by atoms with Gasteiger partial charge < -0.3 is 19.5 Å². The molecule has 1 aliphatic rings. The molecule has 180 valence electrons. The molecule has 0 aliphatic carbocycles. The molecule has 1 N–H and O–H groups in total. The van der Waals surface area contributed by atoms with Crippen LogP contribution in [0.5, 0.6) is 17.2 Å². The number of rotatable bonds is 9. The number of nitrogens with zero attached hydrogens (tertiary/aromatic N) is 2. The van der Waals surface area contributed by atoms with Crippen LogP contribution in [0, 0.1) is 0 Å². The first-order chi connectivity index (χ1) is 15.8. The zero-order valence-electron chi connectivity index (χ0n) is 18.8. The van der Waals surface area contributed by atoms with Gasteiger partial charge in [0.2, 0.25) is 15.9 Å². The highest BCUT2D eigenvalue weighted by Crippen LogP contribution is 2.34. The second-order valence-corrected chi connectivity index (χ2v) is 9.72. The maximum atomic E-state index is 12.9. The van der Waals surface area contributed by atoms with Crippen molar-refractivity contribution >= 4 is 27.5 Å². The van der Waals surface area contributed by atoms with E-state index in [1.807, 2.05) is 4.90 Å². The summed E-state index contributed by atoms with van der Waals surface area (Å²) < 4.78 is 43.1. The van der Waals surface area contributed by atoms with Crippen LogP contribution in [-0.2, 0) is 21.4 Å². The summed E-state index contributed by atoms with van der Waals surface area (Å²) in [5.41, 5.74) is 0.749. The van der Waals surface area contributed by atoms with E-state index in [-0.39, 0.29) is 42.0 Å². The van der Waals surface area contributed by atoms with Crippen molar-refractivity contribution in [1.29, 1.82) is 0 Å². The summed E-state index contributed by atoms with van der Waals surface area (Å²) in [4.78, 5) is 14.5. The maximum absolute atomic E-state index is 12.9. The Morgan fingerprint density at radius 3 is 2.18 bits per heavy atom. The fourth-order valence-corrected chi connectivity index (χ4v) is 5.52. The van der Waals surface area contributed by atoms with E-state index in [4.69, 9.17) is 25.8 Å². The minimum absolute atomic E-state index is 0.0988. The standard InChI is InChI=1S/C22H28ClN3O6S/c1-30-18-13-20(32-3)19(31-2)12-16(18)14-24-22(27)15-25-8-10-26(11-9-25)33(28,29)21-7-5-4-6-17(21)23/h4-7,12-13H,8-11,14-15H2,1-3H3,(H,24,27). The van der Waals surface area contributed by atoms with Gasteiger partial charge in [-0.25, -0.2) is 8.42 Å². The number of benzene rings is 2. The van der Waals surface area contributed by atoms with Crippen molar-refractivity contribution in [3.05, 3.63) is 47.0 Å². The van der Waals surface area contributed by atoms with Crippen LogP contribution < -0.4 is 19.5 Å². The summed E-state index contributed by atoms with van der Waals surface area (Å²) >= 11 is 6.08. The number of sulfonamides is 1. The van der Waals surface area contributed by atoms with Crippen LogP contribution >= 0.6 is 11.6 Å². The predicted octanol–water partition coefficient (Wildman–Crippen LogP) is 1.99. The number of piperazine rings is 1. The Hall–Kier alpha value is -2.53. The number of nitrogens with one attached hydrogen (secondary N) is 1. The second-order valence-electron chi connectivity index (χ2n) is 7.41. The monoisotopic (exact) mass is 497 g/mol. The first-order valence-corrected chi connectivity index (χ1v) is 12.1. The number of halogens is 1. The van der Waals surface area contributed by atoms with Gasteiger partial charge >= 0.3 is 0 Å². The smallest absolute Gasteiger partial charge is 0.244 e. The SMILES string of the molecule is COc1cc(OC)c(OC)cc1CNC(=O)CN1CCN(S(=O)(=O)c2ccccc2Cl)CC1. The number of methoxy groups -OCH3 is 3. The normalized spacial score (nSPS) is 15.2. The Balaban J connectivity index is 1.54. The molecule has 0 unspecified atom stereocenters. The van der Waals surface area contributed by atoms with Crippen LogP contribution in [0.15, 0.2) is 41.3 Å². The lowest BCUT2D eigenvalue weighted by Crippen LogP contribution is -2.51. The van der Waals surface area contributed by atoms with E-state index in [9.17, 15) is 13.2 Å². The van der Waals surface area contributed by atoms with Gasteiger partial charge in [-0.05, 0) is 18.2 Å². The zero-order chi connectivity index (χ0) is 24.0. The van der Waals surface area contributed by atoms with E-state index >= 15 is 0 Å². The lowest BCUT2D eigenvalue weighted by molar-refractivity contribution is -0.122. The highest BCUT2D eigenvalue weighted by molar-refractivity contribution is 7.89. The maximum Gasteiger partial charge on any atom is 0.244 e. The van der Waals surface area contributed by atoms with Crippen molar-refractivity contribution in [3.8, 4) is 17.2 Å². The molecule has 11 heteroatoms. The van der Waals surface area contributed by atoms with Crippen molar-refractivity contribution < 1.29 is 27.4 Å². The Bertz CT molecular complexity index is 1090. The number of carbonyl (C=O) groups excluding carboxylic acids is 1. The molecule has 2 aromatic carbocycles. The van der Waals surface area contributed by atoms with Gasteiger partial charge in [-0.1, -0.05) is 23.7 Å². The van der Waals surface area contributed by atoms with Gasteiger partial charge in [0, 0.05) is 44.4 Å². The Morgan fingerprint density at radius 1 is 0.970 bits per heavy atom. The van der Waals surface area contributed by atoms with Gasteiger partial charge in [0.25, 0.3) is 0 Å². The van der Waals surface area contributed by atoms with Crippen LogP contribution in [0.3, 0.4) is 0 Å². The topological polar surface area (TPSA) is 97.4 Å². The molecule has 1 heterocycles. The molecular weight excluding hydrogens is 470 g/mol. The number of amides is 1. The van der Waals surface area contributed by atoms with E-state index in [0.717, 1.165) is 5.56 Å². The molecule has 1 fully saturated rings. The van der Waals surface area contributed by atoms with E-state index < -0.39 is 10.0 Å². The molecule has 0 aromatic heterocycles. The molecule has 2 aromatic rings. The summed E-state index contributed by atoms with van der Waals surface area (Å²) in [6.45, 7) is 1.86. The molecule has 1 aliphatic heterocycles. The quantitative estimate of drug-likeness (QED) is 0.565.